The molecule has 0 saturated carbocycles. The molecule has 1 saturated heterocycles. The molecule has 8 heteroatoms. The van der Waals surface area contributed by atoms with Gasteiger partial charge in [0.1, 0.15) is 12.4 Å². The van der Waals surface area contributed by atoms with Crippen LogP contribution in [0, 0.1) is 5.82 Å². The van der Waals surface area contributed by atoms with Crippen LogP contribution in [0.25, 0.3) is 10.9 Å². The van der Waals surface area contributed by atoms with Crippen molar-refractivity contribution in [1.82, 2.24) is 9.47 Å². The summed E-state index contributed by atoms with van der Waals surface area (Å²) in [5, 5.41) is 0.570. The summed E-state index contributed by atoms with van der Waals surface area (Å²) in [5.74, 6) is -0.735. The van der Waals surface area contributed by atoms with Crippen molar-refractivity contribution in [2.24, 2.45) is 0 Å². The molecule has 1 aliphatic rings. The molecule has 2 atom stereocenters. The van der Waals surface area contributed by atoms with E-state index >= 15 is 0 Å². The lowest BCUT2D eigenvalue weighted by Gasteiger charge is -2.35. The second-order valence-corrected chi connectivity index (χ2v) is 10.0. The molecule has 6 nitrogen and oxygen atoms in total. The Bertz CT molecular complexity index is 1190. The number of nitrogens with zero attached hydrogens (tertiary/aromatic N) is 2. The van der Waals surface area contributed by atoms with Gasteiger partial charge in [-0.3, -0.25) is 4.79 Å². The number of benzene rings is 2. The third-order valence-electron chi connectivity index (χ3n) is 5.43. The van der Waals surface area contributed by atoms with Gasteiger partial charge in [-0.1, -0.05) is 30.3 Å². The molecule has 1 amide bonds. The summed E-state index contributed by atoms with van der Waals surface area (Å²) in [5.41, 5.74) is 1.19. The largest absolute Gasteiger partial charge is 0.372 e. The zero-order valence-electron chi connectivity index (χ0n) is 17.5. The number of carbonyl (C=O) groups is 1. The van der Waals surface area contributed by atoms with Gasteiger partial charge in [-0.2, -0.15) is 0 Å². The van der Waals surface area contributed by atoms with E-state index in [4.69, 9.17) is 4.74 Å². The Morgan fingerprint density at radius 3 is 2.39 bits per heavy atom. The zero-order chi connectivity index (χ0) is 22.2. The van der Waals surface area contributed by atoms with E-state index < -0.39 is 15.7 Å². The molecular weight excluding hydrogens is 419 g/mol. The number of hydrogen-bond donors (Lipinski definition) is 0. The molecule has 0 spiro atoms. The minimum absolute atomic E-state index is 0.0410. The van der Waals surface area contributed by atoms with E-state index in [1.807, 2.05) is 26.0 Å². The minimum Gasteiger partial charge on any atom is -0.372 e. The summed E-state index contributed by atoms with van der Waals surface area (Å²) < 4.78 is 46.9. The average Bonchev–Trinajstić information content (AvgIpc) is 3.08. The van der Waals surface area contributed by atoms with E-state index in [0.29, 0.717) is 29.6 Å². The monoisotopic (exact) mass is 444 g/mol. The molecule has 0 bridgehead atoms. The maximum Gasteiger partial charge on any atom is 0.242 e. The molecule has 4 rings (SSSR count). The Balaban J connectivity index is 1.64. The highest BCUT2D eigenvalue weighted by molar-refractivity contribution is 7.90. The Hall–Kier alpha value is -2.71. The van der Waals surface area contributed by atoms with E-state index in [2.05, 4.69) is 0 Å². The Labute approximate surface area is 181 Å². The topological polar surface area (TPSA) is 68.6 Å². The van der Waals surface area contributed by atoms with E-state index in [0.717, 1.165) is 0 Å². The molecule has 0 aliphatic carbocycles. The molecule has 31 heavy (non-hydrogen) atoms. The first-order valence-corrected chi connectivity index (χ1v) is 11.9. The number of aromatic nitrogens is 1. The quantitative estimate of drug-likeness (QED) is 0.605. The lowest BCUT2D eigenvalue weighted by Crippen LogP contribution is -2.49. The third-order valence-corrected chi connectivity index (χ3v) is 7.14. The molecule has 1 aliphatic heterocycles. The van der Waals surface area contributed by atoms with E-state index in [1.54, 1.807) is 21.6 Å². The van der Waals surface area contributed by atoms with Crippen molar-refractivity contribution in [2.45, 2.75) is 43.2 Å². The summed E-state index contributed by atoms with van der Waals surface area (Å²) in [4.78, 5) is 14.9. The average molecular weight is 445 g/mol. The molecule has 2 heterocycles. The summed E-state index contributed by atoms with van der Waals surface area (Å²) in [6, 6.07) is 12.6. The van der Waals surface area contributed by atoms with Gasteiger partial charge in [0.15, 0.2) is 9.84 Å². The highest BCUT2D eigenvalue weighted by Crippen LogP contribution is 2.28. The van der Waals surface area contributed by atoms with Gasteiger partial charge in [-0.15, -0.1) is 0 Å². The molecule has 2 unspecified atom stereocenters. The van der Waals surface area contributed by atoms with Crippen LogP contribution in [0.4, 0.5) is 4.39 Å². The van der Waals surface area contributed by atoms with E-state index in [9.17, 15) is 17.6 Å². The van der Waals surface area contributed by atoms with E-state index in [1.165, 1.54) is 30.5 Å². The number of halogens is 1. The molecule has 1 fully saturated rings. The van der Waals surface area contributed by atoms with Gasteiger partial charge in [0.2, 0.25) is 5.91 Å². The van der Waals surface area contributed by atoms with Crippen molar-refractivity contribution in [2.75, 3.05) is 13.1 Å². The van der Waals surface area contributed by atoms with Gasteiger partial charge in [0, 0.05) is 30.2 Å². The normalized spacial score (nSPS) is 19.6. The number of ether oxygens (including phenoxy) is 1. The highest BCUT2D eigenvalue weighted by atomic mass is 32.2. The lowest BCUT2D eigenvalue weighted by atomic mass is 10.2. The van der Waals surface area contributed by atoms with Gasteiger partial charge in [-0.05, 0) is 37.6 Å². The lowest BCUT2D eigenvalue weighted by molar-refractivity contribution is -0.143. The van der Waals surface area contributed by atoms with Gasteiger partial charge in [-0.25, -0.2) is 12.8 Å². The van der Waals surface area contributed by atoms with Gasteiger partial charge >= 0.3 is 0 Å². The zero-order valence-corrected chi connectivity index (χ0v) is 18.3. The van der Waals surface area contributed by atoms with Crippen molar-refractivity contribution < 1.29 is 22.3 Å². The van der Waals surface area contributed by atoms with Crippen LogP contribution in [0.3, 0.4) is 0 Å². The number of sulfone groups is 1. The number of para-hydroxylation sites is 1. The highest BCUT2D eigenvalue weighted by Gasteiger charge is 2.27. The van der Waals surface area contributed by atoms with Crippen LogP contribution in [0.1, 0.15) is 19.4 Å². The fourth-order valence-electron chi connectivity index (χ4n) is 4.10. The van der Waals surface area contributed by atoms with Crippen LogP contribution in [0.15, 0.2) is 59.6 Å². The number of hydrogen-bond acceptors (Lipinski definition) is 4. The van der Waals surface area contributed by atoms with Gasteiger partial charge < -0.3 is 14.2 Å². The van der Waals surface area contributed by atoms with Crippen molar-refractivity contribution >= 4 is 26.6 Å². The second kappa shape index (κ2) is 8.43. The number of fused-ring (bicyclic) bond motifs is 1. The Morgan fingerprint density at radius 1 is 1.06 bits per heavy atom. The number of morpholine rings is 1. The van der Waals surface area contributed by atoms with Crippen LogP contribution in [-0.2, 0) is 31.7 Å². The number of rotatable bonds is 5. The molecule has 1 aromatic heterocycles. The van der Waals surface area contributed by atoms with E-state index in [-0.39, 0.29) is 35.3 Å². The third kappa shape index (κ3) is 4.65. The summed E-state index contributed by atoms with van der Waals surface area (Å²) in [6.07, 6.45) is 1.45. The van der Waals surface area contributed by atoms with Crippen LogP contribution < -0.4 is 0 Å². The predicted octanol–water partition coefficient (Wildman–Crippen LogP) is 3.39. The van der Waals surface area contributed by atoms with Gasteiger partial charge in [0.05, 0.1) is 22.9 Å². The second-order valence-electron chi connectivity index (χ2n) is 8.08. The fraction of sp³-hybridized carbons (Fsp3) is 0.348. The summed E-state index contributed by atoms with van der Waals surface area (Å²) >= 11 is 0. The Morgan fingerprint density at radius 2 is 1.71 bits per heavy atom. The minimum atomic E-state index is -3.70. The standard InChI is InChI=1S/C23H25FN2O4S/c1-16-11-26(12-17(2)30-16)23(27)14-25-13-22(20-5-3-4-6-21(20)25)31(28,29)15-18-7-9-19(24)10-8-18/h3-10,13,16-17H,11-12,14-15H2,1-2H3. The van der Waals surface area contributed by atoms with Gasteiger partial charge in [0.25, 0.3) is 0 Å². The van der Waals surface area contributed by atoms with Crippen LogP contribution >= 0.6 is 0 Å². The fourth-order valence-corrected chi connectivity index (χ4v) is 5.68. The van der Waals surface area contributed by atoms with Crippen molar-refractivity contribution in [1.29, 1.82) is 0 Å². The summed E-state index contributed by atoms with van der Waals surface area (Å²) in [6.45, 7) is 4.93. The SMILES string of the molecule is CC1CN(C(=O)Cn2cc(S(=O)(=O)Cc3ccc(F)cc3)c3ccccc32)CC(C)O1. The van der Waals surface area contributed by atoms with Crippen LogP contribution in [-0.4, -0.2) is 49.1 Å². The maximum absolute atomic E-state index is 13.2. The summed E-state index contributed by atoms with van der Waals surface area (Å²) in [7, 11) is -3.70. The first-order valence-electron chi connectivity index (χ1n) is 10.2. The van der Waals surface area contributed by atoms with Crippen molar-refractivity contribution in [3.05, 3.63) is 66.1 Å². The molecular formula is C23H25FN2O4S. The van der Waals surface area contributed by atoms with Crippen molar-refractivity contribution in [3.63, 3.8) is 0 Å². The van der Waals surface area contributed by atoms with Crippen LogP contribution in [0.5, 0.6) is 0 Å². The Kier molecular flexibility index (Phi) is 5.85. The molecule has 164 valence electrons. The molecule has 0 N–H and O–H groups in total. The van der Waals surface area contributed by atoms with Crippen LogP contribution in [0.2, 0.25) is 0 Å². The smallest absolute Gasteiger partial charge is 0.242 e. The first kappa shape index (κ1) is 21.5. The van der Waals surface area contributed by atoms with Crippen molar-refractivity contribution in [3.8, 4) is 0 Å². The first-order chi connectivity index (χ1) is 14.7. The predicted molar refractivity (Wildman–Crippen MR) is 116 cm³/mol. The molecule has 3 aromatic rings. The molecule has 0 radical (unpaired) electrons. The molecule has 2 aromatic carbocycles. The number of amides is 1. The maximum atomic E-state index is 13.2. The number of carbonyl (C=O) groups excluding carboxylic acids is 1.